The van der Waals surface area contributed by atoms with Gasteiger partial charge in [0.2, 0.25) is 0 Å². The highest BCUT2D eigenvalue weighted by Crippen LogP contribution is 2.26. The van der Waals surface area contributed by atoms with Crippen LogP contribution in [0.25, 0.3) is 0 Å². The zero-order valence-corrected chi connectivity index (χ0v) is 10.9. The minimum absolute atomic E-state index is 0.447. The lowest BCUT2D eigenvalue weighted by Crippen LogP contribution is -2.10. The smallest absolute Gasteiger partial charge is 0.161 e. The minimum Gasteiger partial charge on any atom is -0.490 e. The molecular formula is C13H20O2S. The third-order valence-electron chi connectivity index (χ3n) is 2.15. The van der Waals surface area contributed by atoms with Crippen LogP contribution in [0.1, 0.15) is 20.3 Å². The zero-order valence-electron chi connectivity index (χ0n) is 9.98. The molecule has 0 radical (unpaired) electrons. The Labute approximate surface area is 103 Å². The van der Waals surface area contributed by atoms with Crippen LogP contribution in [-0.4, -0.2) is 19.0 Å². The highest BCUT2D eigenvalue weighted by molar-refractivity contribution is 7.80. The molecule has 1 aromatic rings. The van der Waals surface area contributed by atoms with Gasteiger partial charge >= 0.3 is 0 Å². The second-order valence-corrected chi connectivity index (χ2v) is 4.26. The van der Waals surface area contributed by atoms with Crippen LogP contribution in [0.3, 0.4) is 0 Å². The van der Waals surface area contributed by atoms with Crippen LogP contribution < -0.4 is 9.47 Å². The molecule has 0 aliphatic heterocycles. The molecule has 0 heterocycles. The molecule has 1 atom stereocenters. The molecule has 0 saturated carbocycles. The number of rotatable bonds is 7. The van der Waals surface area contributed by atoms with Crippen molar-refractivity contribution < 1.29 is 9.47 Å². The summed E-state index contributed by atoms with van der Waals surface area (Å²) in [5, 5.41) is 0. The predicted octanol–water partition coefficient (Wildman–Crippen LogP) is 3.42. The van der Waals surface area contributed by atoms with Crippen LogP contribution >= 0.6 is 12.6 Å². The van der Waals surface area contributed by atoms with Gasteiger partial charge in [-0.1, -0.05) is 26.0 Å². The van der Waals surface area contributed by atoms with E-state index in [4.69, 9.17) is 9.47 Å². The van der Waals surface area contributed by atoms with Gasteiger partial charge in [-0.05, 0) is 30.2 Å². The number of benzene rings is 1. The summed E-state index contributed by atoms with van der Waals surface area (Å²) < 4.78 is 11.3. The van der Waals surface area contributed by atoms with Gasteiger partial charge in [-0.2, -0.15) is 12.6 Å². The van der Waals surface area contributed by atoms with E-state index in [-0.39, 0.29) is 0 Å². The van der Waals surface area contributed by atoms with E-state index in [0.29, 0.717) is 12.5 Å². The van der Waals surface area contributed by atoms with Gasteiger partial charge in [0.25, 0.3) is 0 Å². The first-order valence-electron chi connectivity index (χ1n) is 5.73. The number of hydrogen-bond acceptors (Lipinski definition) is 3. The molecule has 0 N–H and O–H groups in total. The first-order chi connectivity index (χ1) is 7.77. The Balaban J connectivity index is 2.56. The van der Waals surface area contributed by atoms with Gasteiger partial charge < -0.3 is 9.47 Å². The van der Waals surface area contributed by atoms with Crippen molar-refractivity contribution in [1.29, 1.82) is 0 Å². The van der Waals surface area contributed by atoms with Gasteiger partial charge in [0.15, 0.2) is 11.5 Å². The lowest BCUT2D eigenvalue weighted by Gasteiger charge is -2.14. The van der Waals surface area contributed by atoms with Crippen molar-refractivity contribution in [3.8, 4) is 11.5 Å². The van der Waals surface area contributed by atoms with Crippen molar-refractivity contribution in [2.45, 2.75) is 20.3 Å². The number of hydrogen-bond donors (Lipinski definition) is 1. The summed E-state index contributed by atoms with van der Waals surface area (Å²) in [4.78, 5) is 0. The van der Waals surface area contributed by atoms with E-state index < -0.39 is 0 Å². The van der Waals surface area contributed by atoms with E-state index in [1.165, 1.54) is 0 Å². The molecule has 2 nitrogen and oxygen atoms in total. The van der Waals surface area contributed by atoms with Crippen molar-refractivity contribution in [3.63, 3.8) is 0 Å². The molecule has 0 aliphatic carbocycles. The normalized spacial score (nSPS) is 12.2. The molecule has 1 unspecified atom stereocenters. The summed E-state index contributed by atoms with van der Waals surface area (Å²) in [6, 6.07) is 7.80. The SMILES string of the molecule is CCCOc1ccccc1OCC(C)CS. The van der Waals surface area contributed by atoms with Crippen LogP contribution in [-0.2, 0) is 0 Å². The monoisotopic (exact) mass is 240 g/mol. The zero-order chi connectivity index (χ0) is 11.8. The maximum Gasteiger partial charge on any atom is 0.161 e. The van der Waals surface area contributed by atoms with Gasteiger partial charge in [0.05, 0.1) is 13.2 Å². The molecule has 90 valence electrons. The van der Waals surface area contributed by atoms with E-state index in [1.807, 2.05) is 24.3 Å². The summed E-state index contributed by atoms with van der Waals surface area (Å²) >= 11 is 4.23. The van der Waals surface area contributed by atoms with Gasteiger partial charge in [-0.25, -0.2) is 0 Å². The Morgan fingerprint density at radius 2 is 1.81 bits per heavy atom. The molecule has 3 heteroatoms. The molecule has 1 aromatic carbocycles. The maximum atomic E-state index is 5.71. The Bertz CT molecular complexity index is 302. The average molecular weight is 240 g/mol. The number of para-hydroxylation sites is 2. The molecule has 0 fully saturated rings. The number of ether oxygens (including phenoxy) is 2. The second kappa shape index (κ2) is 7.44. The Kier molecular flexibility index (Phi) is 6.16. The van der Waals surface area contributed by atoms with Gasteiger partial charge in [-0.3, -0.25) is 0 Å². The van der Waals surface area contributed by atoms with E-state index in [0.717, 1.165) is 30.3 Å². The minimum atomic E-state index is 0.447. The Morgan fingerprint density at radius 3 is 2.38 bits per heavy atom. The summed E-state index contributed by atoms with van der Waals surface area (Å²) in [5.41, 5.74) is 0. The van der Waals surface area contributed by atoms with Gasteiger partial charge in [0.1, 0.15) is 0 Å². The van der Waals surface area contributed by atoms with E-state index in [2.05, 4.69) is 26.5 Å². The molecular weight excluding hydrogens is 220 g/mol. The fourth-order valence-electron chi connectivity index (χ4n) is 1.19. The molecule has 0 aliphatic rings. The van der Waals surface area contributed by atoms with Crippen molar-refractivity contribution in [1.82, 2.24) is 0 Å². The van der Waals surface area contributed by atoms with E-state index in [9.17, 15) is 0 Å². The molecule has 0 spiro atoms. The van der Waals surface area contributed by atoms with E-state index >= 15 is 0 Å². The predicted molar refractivity (Wildman–Crippen MR) is 70.7 cm³/mol. The lowest BCUT2D eigenvalue weighted by molar-refractivity contribution is 0.245. The second-order valence-electron chi connectivity index (χ2n) is 3.89. The quantitative estimate of drug-likeness (QED) is 0.736. The molecule has 0 amide bonds. The van der Waals surface area contributed by atoms with Crippen LogP contribution in [0, 0.1) is 5.92 Å². The van der Waals surface area contributed by atoms with Crippen molar-refractivity contribution >= 4 is 12.6 Å². The van der Waals surface area contributed by atoms with Crippen molar-refractivity contribution in [3.05, 3.63) is 24.3 Å². The molecule has 16 heavy (non-hydrogen) atoms. The van der Waals surface area contributed by atoms with Crippen molar-refractivity contribution in [2.24, 2.45) is 5.92 Å². The van der Waals surface area contributed by atoms with Crippen LogP contribution in [0.5, 0.6) is 11.5 Å². The highest BCUT2D eigenvalue weighted by Gasteiger charge is 2.05. The first kappa shape index (κ1) is 13.2. The van der Waals surface area contributed by atoms with Crippen LogP contribution in [0.15, 0.2) is 24.3 Å². The summed E-state index contributed by atoms with van der Waals surface area (Å²) in [6.07, 6.45) is 1.00. The molecule has 0 aromatic heterocycles. The third kappa shape index (κ3) is 4.35. The topological polar surface area (TPSA) is 18.5 Å². The van der Waals surface area contributed by atoms with Crippen LogP contribution in [0.2, 0.25) is 0 Å². The Morgan fingerprint density at radius 1 is 1.19 bits per heavy atom. The summed E-state index contributed by atoms with van der Waals surface area (Å²) in [5.74, 6) is 2.93. The maximum absolute atomic E-state index is 5.71. The molecule has 1 rings (SSSR count). The molecule has 0 bridgehead atoms. The fraction of sp³-hybridized carbons (Fsp3) is 0.538. The van der Waals surface area contributed by atoms with Crippen LogP contribution in [0.4, 0.5) is 0 Å². The number of thiol groups is 1. The lowest BCUT2D eigenvalue weighted by atomic mass is 10.2. The van der Waals surface area contributed by atoms with Gasteiger partial charge in [-0.15, -0.1) is 0 Å². The third-order valence-corrected chi connectivity index (χ3v) is 2.77. The van der Waals surface area contributed by atoms with Crippen molar-refractivity contribution in [2.75, 3.05) is 19.0 Å². The standard InChI is InChI=1S/C13H20O2S/c1-3-8-14-12-6-4-5-7-13(12)15-9-11(2)10-16/h4-7,11,16H,3,8-10H2,1-2H3. The summed E-state index contributed by atoms with van der Waals surface area (Å²) in [6.45, 7) is 5.60. The first-order valence-corrected chi connectivity index (χ1v) is 6.36. The van der Waals surface area contributed by atoms with Gasteiger partial charge in [0, 0.05) is 0 Å². The fourth-order valence-corrected chi connectivity index (χ4v) is 1.29. The largest absolute Gasteiger partial charge is 0.490 e. The summed E-state index contributed by atoms with van der Waals surface area (Å²) in [7, 11) is 0. The highest BCUT2D eigenvalue weighted by atomic mass is 32.1. The van der Waals surface area contributed by atoms with E-state index in [1.54, 1.807) is 0 Å². The molecule has 0 saturated heterocycles. The Hall–Kier alpha value is -0.830. The average Bonchev–Trinajstić information content (AvgIpc) is 2.34.